The Bertz CT molecular complexity index is 1270. The first kappa shape index (κ1) is 23.5. The number of amides is 1. The van der Waals surface area contributed by atoms with E-state index in [0.29, 0.717) is 23.4 Å². The number of pyridine rings is 1. The minimum Gasteiger partial charge on any atom is -0.490 e. The van der Waals surface area contributed by atoms with Crippen LogP contribution in [0.1, 0.15) is 66.2 Å². The number of aromatic nitrogens is 1. The number of aliphatic carboxylic acids is 1. The number of carbonyl (C=O) groups is 2. The average molecular weight is 480 g/mol. The molecule has 1 fully saturated rings. The number of nitrogens with one attached hydrogen (secondary N) is 1. The van der Waals surface area contributed by atoms with Crippen molar-refractivity contribution in [1.29, 1.82) is 0 Å². The molecule has 1 amide bonds. The maximum absolute atomic E-state index is 13.5. The zero-order chi connectivity index (χ0) is 24.9. The van der Waals surface area contributed by atoms with Crippen LogP contribution in [0.5, 0.6) is 5.75 Å². The number of carboxylic acid groups (broad SMARTS) is 1. The summed E-state index contributed by atoms with van der Waals surface area (Å²) in [5, 5.41) is 12.8. The van der Waals surface area contributed by atoms with E-state index in [1.165, 1.54) is 4.57 Å². The first-order valence-corrected chi connectivity index (χ1v) is 12.5. The molecule has 0 saturated heterocycles. The number of hydrogen-bond acceptors (Lipinski definition) is 5. The fraction of sp³-hybridized carbons (Fsp3) is 0.519. The van der Waals surface area contributed by atoms with Crippen LogP contribution in [0.3, 0.4) is 0 Å². The summed E-state index contributed by atoms with van der Waals surface area (Å²) in [5.74, 6) is -0.566. The van der Waals surface area contributed by atoms with Crippen molar-refractivity contribution in [1.82, 2.24) is 9.88 Å². The Kier molecular flexibility index (Phi) is 5.85. The van der Waals surface area contributed by atoms with E-state index in [-0.39, 0.29) is 23.4 Å². The molecule has 2 aromatic rings. The number of nitrogens with zero attached hydrogens (tertiary/aromatic N) is 2. The second kappa shape index (κ2) is 8.73. The van der Waals surface area contributed by atoms with Gasteiger partial charge in [-0.15, -0.1) is 0 Å². The van der Waals surface area contributed by atoms with E-state index in [0.717, 1.165) is 74.2 Å². The van der Waals surface area contributed by atoms with Crippen molar-refractivity contribution in [3.05, 3.63) is 44.9 Å². The van der Waals surface area contributed by atoms with Crippen molar-refractivity contribution in [2.75, 3.05) is 24.6 Å². The van der Waals surface area contributed by atoms with E-state index >= 15 is 0 Å². The number of ether oxygens (including phenoxy) is 1. The lowest BCUT2D eigenvalue weighted by Gasteiger charge is -2.37. The third-order valence-corrected chi connectivity index (χ3v) is 7.93. The van der Waals surface area contributed by atoms with Gasteiger partial charge in [-0.05, 0) is 62.3 Å². The van der Waals surface area contributed by atoms with Crippen LogP contribution in [0.2, 0.25) is 0 Å². The average Bonchev–Trinajstić information content (AvgIpc) is 3.24. The van der Waals surface area contributed by atoms with Crippen molar-refractivity contribution < 1.29 is 19.4 Å². The van der Waals surface area contributed by atoms with Gasteiger partial charge < -0.3 is 24.6 Å². The molecule has 0 unspecified atom stereocenters. The lowest BCUT2D eigenvalue weighted by atomic mass is 9.86. The lowest BCUT2D eigenvalue weighted by Crippen LogP contribution is -2.46. The fourth-order valence-corrected chi connectivity index (χ4v) is 6.17. The fourth-order valence-electron chi connectivity index (χ4n) is 6.17. The molecule has 8 heteroatoms. The Hall–Kier alpha value is -3.29. The van der Waals surface area contributed by atoms with Gasteiger partial charge in [0.2, 0.25) is 0 Å². The van der Waals surface area contributed by atoms with Crippen molar-refractivity contribution in [2.24, 2.45) is 7.05 Å². The molecule has 35 heavy (non-hydrogen) atoms. The Balaban J connectivity index is 1.73. The number of carboxylic acids is 1. The molecule has 1 aliphatic carbocycles. The zero-order valence-corrected chi connectivity index (χ0v) is 20.7. The first-order chi connectivity index (χ1) is 16.7. The van der Waals surface area contributed by atoms with Crippen LogP contribution in [0, 0.1) is 6.92 Å². The number of rotatable bonds is 5. The van der Waals surface area contributed by atoms with Crippen molar-refractivity contribution in [3.8, 4) is 16.9 Å². The van der Waals surface area contributed by atoms with Gasteiger partial charge >= 0.3 is 5.97 Å². The maximum Gasteiger partial charge on any atom is 0.309 e. The summed E-state index contributed by atoms with van der Waals surface area (Å²) in [6.07, 6.45) is 5.36. The van der Waals surface area contributed by atoms with Crippen molar-refractivity contribution in [3.63, 3.8) is 0 Å². The van der Waals surface area contributed by atoms with E-state index in [2.05, 4.69) is 10.2 Å². The number of benzene rings is 1. The number of carbonyl (C=O) groups excluding carboxylic acids is 1. The molecule has 0 atom stereocenters. The first-order valence-electron chi connectivity index (χ1n) is 12.5. The summed E-state index contributed by atoms with van der Waals surface area (Å²) in [7, 11) is 1.57. The van der Waals surface area contributed by atoms with E-state index in [9.17, 15) is 19.5 Å². The Morgan fingerprint density at radius 1 is 1.17 bits per heavy atom. The molecule has 2 N–H and O–H groups in total. The minimum atomic E-state index is -1.02. The number of hydrogen-bond donors (Lipinski definition) is 2. The van der Waals surface area contributed by atoms with Crippen LogP contribution in [-0.2, 0) is 24.7 Å². The van der Waals surface area contributed by atoms with Gasteiger partial charge in [-0.2, -0.15) is 0 Å². The highest BCUT2D eigenvalue weighted by atomic mass is 16.5. The Morgan fingerprint density at radius 2 is 1.91 bits per heavy atom. The molecule has 5 rings (SSSR count). The smallest absolute Gasteiger partial charge is 0.309 e. The molecular weight excluding hydrogens is 446 g/mol. The Labute approximate surface area is 204 Å². The van der Waals surface area contributed by atoms with Crippen LogP contribution >= 0.6 is 0 Å². The summed E-state index contributed by atoms with van der Waals surface area (Å²) < 4.78 is 7.27. The van der Waals surface area contributed by atoms with Gasteiger partial charge in [-0.25, -0.2) is 0 Å². The van der Waals surface area contributed by atoms with Gasteiger partial charge in [0.1, 0.15) is 17.9 Å². The molecule has 3 heterocycles. The van der Waals surface area contributed by atoms with Crippen LogP contribution in [-0.4, -0.2) is 46.8 Å². The number of anilines is 1. The highest BCUT2D eigenvalue weighted by Gasteiger charge is 2.34. The summed E-state index contributed by atoms with van der Waals surface area (Å²) in [4.78, 5) is 41.1. The van der Waals surface area contributed by atoms with Gasteiger partial charge in [0.25, 0.3) is 11.5 Å². The molecule has 0 spiro atoms. The van der Waals surface area contributed by atoms with E-state index < -0.39 is 11.5 Å². The molecular formula is C27H33N3O5. The second-order valence-corrected chi connectivity index (χ2v) is 10.4. The van der Waals surface area contributed by atoms with Crippen molar-refractivity contribution in [2.45, 2.75) is 64.3 Å². The maximum atomic E-state index is 13.5. The summed E-state index contributed by atoms with van der Waals surface area (Å²) in [6.45, 7) is 6.20. The van der Waals surface area contributed by atoms with E-state index in [1.807, 2.05) is 19.1 Å². The molecule has 3 aliphatic rings. The third kappa shape index (κ3) is 3.98. The topological polar surface area (TPSA) is 101 Å². The van der Waals surface area contributed by atoms with Gasteiger partial charge in [-0.1, -0.05) is 18.9 Å². The van der Waals surface area contributed by atoms with Crippen LogP contribution < -0.4 is 20.5 Å². The molecule has 186 valence electrons. The van der Waals surface area contributed by atoms with Gasteiger partial charge in [0.05, 0.1) is 18.7 Å². The van der Waals surface area contributed by atoms with Gasteiger partial charge in [0, 0.05) is 30.4 Å². The highest BCUT2D eigenvalue weighted by Crippen LogP contribution is 2.45. The van der Waals surface area contributed by atoms with Crippen molar-refractivity contribution >= 4 is 17.6 Å². The normalized spacial score (nSPS) is 18.1. The molecule has 1 aromatic heterocycles. The highest BCUT2D eigenvalue weighted by molar-refractivity contribution is 5.98. The predicted octanol–water partition coefficient (Wildman–Crippen LogP) is 3.20. The van der Waals surface area contributed by atoms with Gasteiger partial charge in [-0.3, -0.25) is 14.4 Å². The summed E-state index contributed by atoms with van der Waals surface area (Å²) >= 11 is 0. The van der Waals surface area contributed by atoms with E-state index in [4.69, 9.17) is 4.74 Å². The largest absolute Gasteiger partial charge is 0.490 e. The third-order valence-electron chi connectivity index (χ3n) is 7.93. The summed E-state index contributed by atoms with van der Waals surface area (Å²) in [5.41, 5.74) is 3.95. The molecule has 1 aromatic carbocycles. The quantitative estimate of drug-likeness (QED) is 0.683. The van der Waals surface area contributed by atoms with Crippen LogP contribution in [0.15, 0.2) is 16.9 Å². The lowest BCUT2D eigenvalue weighted by molar-refractivity contribution is -0.136. The molecule has 0 radical (unpaired) electrons. The second-order valence-electron chi connectivity index (χ2n) is 10.4. The SMILES string of the molecule is Cc1c(-c2ccc3c4c2CCCN4CCO3)c(CC(=O)O)n(C)c(=O)c1C(=O)NC1(C)CCCC1. The minimum absolute atomic E-state index is 0.0959. The van der Waals surface area contributed by atoms with Crippen LogP contribution in [0.25, 0.3) is 11.1 Å². The standard InChI is InChI=1S/C27H33N3O5/c1-16-22(17-8-9-20-24-18(17)7-6-12-30(24)13-14-35-20)19(15-21(31)32)29(3)26(34)23(16)25(33)28-27(2)10-4-5-11-27/h8-9H,4-7,10-15H2,1-3H3,(H,28,33)(H,31,32). The van der Waals surface area contributed by atoms with E-state index in [1.54, 1.807) is 14.0 Å². The molecule has 2 aliphatic heterocycles. The monoisotopic (exact) mass is 479 g/mol. The van der Waals surface area contributed by atoms with Gasteiger partial charge in [0.15, 0.2) is 0 Å². The Morgan fingerprint density at radius 3 is 2.63 bits per heavy atom. The zero-order valence-electron chi connectivity index (χ0n) is 20.7. The molecule has 0 bridgehead atoms. The summed E-state index contributed by atoms with van der Waals surface area (Å²) in [6, 6.07) is 3.89. The predicted molar refractivity (Wildman–Crippen MR) is 134 cm³/mol. The molecule has 1 saturated carbocycles. The van der Waals surface area contributed by atoms with Crippen LogP contribution in [0.4, 0.5) is 5.69 Å². The molecule has 8 nitrogen and oxygen atoms in total.